The van der Waals surface area contributed by atoms with Gasteiger partial charge in [-0.25, -0.2) is 8.42 Å². The normalized spacial score (nSPS) is 13.0. The molecule has 0 heterocycles. The van der Waals surface area contributed by atoms with Gasteiger partial charge in [0.05, 0.1) is 17.5 Å². The molecule has 0 saturated carbocycles. The third-order valence-corrected chi connectivity index (χ3v) is 5.11. The van der Waals surface area contributed by atoms with Gasteiger partial charge in [-0.15, -0.1) is 0 Å². The Kier molecular flexibility index (Phi) is 7.12. The minimum absolute atomic E-state index is 0.118. The van der Waals surface area contributed by atoms with Crippen LogP contribution < -0.4 is 5.32 Å². The molecule has 0 aromatic heterocycles. The largest absolute Gasteiger partial charge is 0.383 e. The molecular formula is C13H17BrClNO4S. The Morgan fingerprint density at radius 3 is 2.67 bits per heavy atom. The predicted molar refractivity (Wildman–Crippen MR) is 85.2 cm³/mol. The van der Waals surface area contributed by atoms with Crippen LogP contribution in [0.5, 0.6) is 0 Å². The van der Waals surface area contributed by atoms with Gasteiger partial charge in [0, 0.05) is 27.8 Å². The molecule has 0 aliphatic heterocycles. The van der Waals surface area contributed by atoms with E-state index < -0.39 is 9.05 Å². The summed E-state index contributed by atoms with van der Waals surface area (Å²) in [7, 11) is 2.98. The lowest BCUT2D eigenvalue weighted by atomic mass is 10.1. The summed E-state index contributed by atoms with van der Waals surface area (Å²) in [5.41, 5.74) is 0.231. The summed E-state index contributed by atoms with van der Waals surface area (Å²) < 4.78 is 28.2. The number of nitrogens with one attached hydrogen (secondary N) is 1. The van der Waals surface area contributed by atoms with Crippen molar-refractivity contribution in [2.45, 2.75) is 30.7 Å². The van der Waals surface area contributed by atoms with Crippen LogP contribution in [0.25, 0.3) is 0 Å². The fourth-order valence-electron chi connectivity index (χ4n) is 1.85. The standard InChI is InChI=1S/C13H17BrClNO4S/c1-3-4-10(8-20-2)16-13(17)9-5-6-11(14)12(7-9)21(15,18)19/h5-7,10H,3-4,8H2,1-2H3,(H,16,17). The van der Waals surface area contributed by atoms with Crippen molar-refractivity contribution < 1.29 is 17.9 Å². The van der Waals surface area contributed by atoms with E-state index in [1.54, 1.807) is 7.11 Å². The number of benzene rings is 1. The monoisotopic (exact) mass is 397 g/mol. The van der Waals surface area contributed by atoms with E-state index in [1.807, 2.05) is 6.92 Å². The lowest BCUT2D eigenvalue weighted by Crippen LogP contribution is -2.38. The molecule has 0 aliphatic carbocycles. The Morgan fingerprint density at radius 2 is 2.14 bits per heavy atom. The van der Waals surface area contributed by atoms with Crippen molar-refractivity contribution in [1.82, 2.24) is 5.32 Å². The number of carbonyl (C=O) groups excluding carboxylic acids is 1. The molecule has 1 atom stereocenters. The van der Waals surface area contributed by atoms with Crippen LogP contribution in [0.3, 0.4) is 0 Å². The Balaban J connectivity index is 2.97. The summed E-state index contributed by atoms with van der Waals surface area (Å²) in [5.74, 6) is -0.362. The van der Waals surface area contributed by atoms with E-state index in [0.717, 1.165) is 12.8 Å². The summed E-state index contributed by atoms with van der Waals surface area (Å²) in [4.78, 5) is 12.0. The topological polar surface area (TPSA) is 72.5 Å². The molecule has 0 fully saturated rings. The average molecular weight is 399 g/mol. The van der Waals surface area contributed by atoms with E-state index in [0.29, 0.717) is 11.1 Å². The molecule has 21 heavy (non-hydrogen) atoms. The second-order valence-electron chi connectivity index (χ2n) is 4.50. The molecule has 1 unspecified atom stereocenters. The molecule has 1 rings (SSSR count). The number of rotatable bonds is 7. The quantitative estimate of drug-likeness (QED) is 0.717. The van der Waals surface area contributed by atoms with E-state index >= 15 is 0 Å². The molecule has 0 saturated heterocycles. The van der Waals surface area contributed by atoms with Crippen molar-refractivity contribution >= 4 is 41.6 Å². The second-order valence-corrected chi connectivity index (χ2v) is 7.89. The van der Waals surface area contributed by atoms with Crippen LogP contribution in [-0.4, -0.2) is 34.1 Å². The third kappa shape index (κ3) is 5.58. The molecular weight excluding hydrogens is 382 g/mol. The lowest BCUT2D eigenvalue weighted by molar-refractivity contribution is 0.0891. The molecule has 0 radical (unpaired) electrons. The van der Waals surface area contributed by atoms with E-state index in [1.165, 1.54) is 18.2 Å². The number of hydrogen-bond donors (Lipinski definition) is 1. The zero-order chi connectivity index (χ0) is 16.0. The summed E-state index contributed by atoms with van der Waals surface area (Å²) in [6, 6.07) is 4.14. The van der Waals surface area contributed by atoms with Crippen LogP contribution in [0.4, 0.5) is 0 Å². The van der Waals surface area contributed by atoms with Crippen molar-refractivity contribution in [1.29, 1.82) is 0 Å². The number of halogens is 2. The van der Waals surface area contributed by atoms with Crippen molar-refractivity contribution in [3.63, 3.8) is 0 Å². The number of hydrogen-bond acceptors (Lipinski definition) is 4. The van der Waals surface area contributed by atoms with Crippen molar-refractivity contribution in [2.75, 3.05) is 13.7 Å². The highest BCUT2D eigenvalue weighted by Crippen LogP contribution is 2.26. The summed E-state index contributed by atoms with van der Waals surface area (Å²) in [6.45, 7) is 2.41. The maximum atomic E-state index is 12.2. The molecule has 0 bridgehead atoms. The van der Waals surface area contributed by atoms with Crippen molar-refractivity contribution in [3.05, 3.63) is 28.2 Å². The summed E-state index contributed by atoms with van der Waals surface area (Å²) in [6.07, 6.45) is 1.67. The molecule has 1 aromatic rings. The average Bonchev–Trinajstić information content (AvgIpc) is 2.38. The first-order valence-electron chi connectivity index (χ1n) is 6.33. The smallest absolute Gasteiger partial charge is 0.262 e. The summed E-state index contributed by atoms with van der Waals surface area (Å²) in [5, 5.41) is 2.82. The molecule has 118 valence electrons. The number of ether oxygens (including phenoxy) is 1. The van der Waals surface area contributed by atoms with E-state index in [4.69, 9.17) is 15.4 Å². The minimum Gasteiger partial charge on any atom is -0.383 e. The van der Waals surface area contributed by atoms with Gasteiger partial charge in [0.2, 0.25) is 0 Å². The number of carbonyl (C=O) groups is 1. The van der Waals surface area contributed by atoms with Crippen LogP contribution >= 0.6 is 26.6 Å². The van der Waals surface area contributed by atoms with E-state index in [2.05, 4.69) is 21.2 Å². The minimum atomic E-state index is -3.92. The van der Waals surface area contributed by atoms with Crippen molar-refractivity contribution in [2.24, 2.45) is 0 Å². The van der Waals surface area contributed by atoms with Gasteiger partial charge in [0.15, 0.2) is 0 Å². The van der Waals surface area contributed by atoms with Crippen LogP contribution in [-0.2, 0) is 13.8 Å². The van der Waals surface area contributed by atoms with Gasteiger partial charge in [-0.05, 0) is 40.5 Å². The highest BCUT2D eigenvalue weighted by molar-refractivity contribution is 9.10. The molecule has 5 nitrogen and oxygen atoms in total. The van der Waals surface area contributed by atoms with Gasteiger partial charge in [0.1, 0.15) is 0 Å². The van der Waals surface area contributed by atoms with E-state index in [9.17, 15) is 13.2 Å². The van der Waals surface area contributed by atoms with Gasteiger partial charge in [-0.2, -0.15) is 0 Å². The first kappa shape index (κ1) is 18.4. The third-order valence-electron chi connectivity index (χ3n) is 2.80. The van der Waals surface area contributed by atoms with Gasteiger partial charge in [-0.1, -0.05) is 13.3 Å². The van der Waals surface area contributed by atoms with E-state index in [-0.39, 0.29) is 22.4 Å². The first-order chi connectivity index (χ1) is 9.79. The Morgan fingerprint density at radius 1 is 1.48 bits per heavy atom. The predicted octanol–water partition coefficient (Wildman–Crippen LogP) is 2.92. The maximum absolute atomic E-state index is 12.2. The Bertz CT molecular complexity index is 600. The molecule has 0 spiro atoms. The maximum Gasteiger partial charge on any atom is 0.262 e. The van der Waals surface area contributed by atoms with Crippen LogP contribution in [0.1, 0.15) is 30.1 Å². The van der Waals surface area contributed by atoms with Crippen molar-refractivity contribution in [3.8, 4) is 0 Å². The number of amides is 1. The highest BCUT2D eigenvalue weighted by atomic mass is 79.9. The molecule has 1 aromatic carbocycles. The molecule has 0 aliphatic rings. The fraction of sp³-hybridized carbons (Fsp3) is 0.462. The zero-order valence-electron chi connectivity index (χ0n) is 11.7. The van der Waals surface area contributed by atoms with Gasteiger partial charge in [0.25, 0.3) is 15.0 Å². The molecule has 1 N–H and O–H groups in total. The zero-order valence-corrected chi connectivity index (χ0v) is 14.9. The van der Waals surface area contributed by atoms with Crippen LogP contribution in [0.15, 0.2) is 27.6 Å². The second kappa shape index (κ2) is 8.12. The van der Waals surface area contributed by atoms with Gasteiger partial charge >= 0.3 is 0 Å². The Hall–Kier alpha value is -0.630. The fourth-order valence-corrected chi connectivity index (χ4v) is 3.96. The summed E-state index contributed by atoms with van der Waals surface area (Å²) >= 11 is 3.10. The van der Waals surface area contributed by atoms with Gasteiger partial charge in [-0.3, -0.25) is 4.79 Å². The lowest BCUT2D eigenvalue weighted by Gasteiger charge is -2.17. The molecule has 1 amide bonds. The Labute approximate surface area is 137 Å². The SMILES string of the molecule is CCCC(COC)NC(=O)c1ccc(Br)c(S(=O)(=O)Cl)c1. The highest BCUT2D eigenvalue weighted by Gasteiger charge is 2.19. The number of methoxy groups -OCH3 is 1. The van der Waals surface area contributed by atoms with Crippen LogP contribution in [0, 0.1) is 0 Å². The van der Waals surface area contributed by atoms with Crippen LogP contribution in [0.2, 0.25) is 0 Å². The first-order valence-corrected chi connectivity index (χ1v) is 9.43. The van der Waals surface area contributed by atoms with Gasteiger partial charge < -0.3 is 10.1 Å². The molecule has 8 heteroatoms.